The van der Waals surface area contributed by atoms with Gasteiger partial charge in [0.25, 0.3) is 0 Å². The Morgan fingerprint density at radius 2 is 2.27 bits per heavy atom. The summed E-state index contributed by atoms with van der Waals surface area (Å²) in [5.74, 6) is -0.771. The van der Waals surface area contributed by atoms with Gasteiger partial charge in [0.2, 0.25) is 5.91 Å². The number of amides is 1. The van der Waals surface area contributed by atoms with E-state index in [1.165, 1.54) is 17.0 Å². The van der Waals surface area contributed by atoms with Crippen LogP contribution in [-0.2, 0) is 4.79 Å². The average Bonchev–Trinajstić information content (AvgIpc) is 2.50. The van der Waals surface area contributed by atoms with Crippen molar-refractivity contribution in [2.75, 3.05) is 11.4 Å². The second-order valence-electron chi connectivity index (χ2n) is 3.46. The molecular formula is C10H9ClFNO2. The molecule has 1 aliphatic rings. The summed E-state index contributed by atoms with van der Waals surface area (Å²) in [6.45, 7) is 0.208. The van der Waals surface area contributed by atoms with Crippen LogP contribution in [0.1, 0.15) is 6.42 Å². The first kappa shape index (κ1) is 10.4. The fourth-order valence-electron chi connectivity index (χ4n) is 1.59. The lowest BCUT2D eigenvalue weighted by atomic mass is 10.3. The van der Waals surface area contributed by atoms with E-state index in [1.807, 2.05) is 0 Å². The Bertz CT molecular complexity index is 410. The first-order chi connectivity index (χ1) is 7.08. The molecule has 80 valence electrons. The number of hydrogen-bond acceptors (Lipinski definition) is 2. The van der Waals surface area contributed by atoms with Crippen molar-refractivity contribution in [3.63, 3.8) is 0 Å². The minimum absolute atomic E-state index is 0.0194. The number of aliphatic hydroxyl groups excluding tert-OH is 1. The second-order valence-corrected chi connectivity index (χ2v) is 3.87. The molecule has 1 atom stereocenters. The van der Waals surface area contributed by atoms with E-state index in [0.717, 1.165) is 0 Å². The monoisotopic (exact) mass is 229 g/mol. The quantitative estimate of drug-likeness (QED) is 0.794. The summed E-state index contributed by atoms with van der Waals surface area (Å²) in [7, 11) is 0. The molecule has 5 heteroatoms. The topological polar surface area (TPSA) is 40.5 Å². The standard InChI is InChI=1S/C10H9ClFNO2/c11-8-2-1-6(3-9(8)12)13-5-7(14)4-10(13)15/h1-3,7,14H,4-5H2. The molecule has 1 fully saturated rings. The summed E-state index contributed by atoms with van der Waals surface area (Å²) >= 11 is 5.52. The zero-order valence-electron chi connectivity index (χ0n) is 7.78. The Morgan fingerprint density at radius 1 is 1.53 bits per heavy atom. The number of carbonyl (C=O) groups excluding carboxylic acids is 1. The van der Waals surface area contributed by atoms with Gasteiger partial charge >= 0.3 is 0 Å². The number of carbonyl (C=O) groups is 1. The number of aliphatic hydroxyl groups is 1. The molecule has 0 bridgehead atoms. The zero-order chi connectivity index (χ0) is 11.0. The molecule has 1 saturated heterocycles. The van der Waals surface area contributed by atoms with E-state index in [-0.39, 0.29) is 23.9 Å². The van der Waals surface area contributed by atoms with Gasteiger partial charge in [-0.15, -0.1) is 0 Å². The highest BCUT2D eigenvalue weighted by Crippen LogP contribution is 2.25. The number of hydrogen-bond donors (Lipinski definition) is 1. The van der Waals surface area contributed by atoms with Crippen LogP contribution in [0.5, 0.6) is 0 Å². The predicted molar refractivity (Wildman–Crippen MR) is 54.4 cm³/mol. The number of nitrogens with zero attached hydrogens (tertiary/aromatic N) is 1. The third kappa shape index (κ3) is 1.96. The van der Waals surface area contributed by atoms with Gasteiger partial charge in [0.05, 0.1) is 24.1 Å². The summed E-state index contributed by atoms with van der Waals surface area (Å²) in [5, 5.41) is 9.29. The highest BCUT2D eigenvalue weighted by molar-refractivity contribution is 6.30. The molecule has 1 N–H and O–H groups in total. The SMILES string of the molecule is O=C1CC(O)CN1c1ccc(Cl)c(F)c1. The molecular weight excluding hydrogens is 221 g/mol. The van der Waals surface area contributed by atoms with E-state index in [0.29, 0.717) is 5.69 Å². The first-order valence-electron chi connectivity index (χ1n) is 4.51. The molecule has 0 spiro atoms. The Kier molecular flexibility index (Phi) is 2.63. The van der Waals surface area contributed by atoms with Crippen molar-refractivity contribution in [2.24, 2.45) is 0 Å². The number of anilines is 1. The first-order valence-corrected chi connectivity index (χ1v) is 4.89. The van der Waals surface area contributed by atoms with Crippen LogP contribution in [0.2, 0.25) is 5.02 Å². The van der Waals surface area contributed by atoms with Crippen LogP contribution in [0.4, 0.5) is 10.1 Å². The van der Waals surface area contributed by atoms with Crippen molar-refractivity contribution in [1.82, 2.24) is 0 Å². The molecule has 1 aromatic carbocycles. The Morgan fingerprint density at radius 3 is 2.80 bits per heavy atom. The van der Waals surface area contributed by atoms with Crippen LogP contribution in [0, 0.1) is 5.82 Å². The normalized spacial score (nSPS) is 21.1. The average molecular weight is 230 g/mol. The molecule has 1 amide bonds. The summed E-state index contributed by atoms with van der Waals surface area (Å²) in [4.78, 5) is 12.7. The maximum atomic E-state index is 13.1. The van der Waals surface area contributed by atoms with Crippen molar-refractivity contribution < 1.29 is 14.3 Å². The lowest BCUT2D eigenvalue weighted by molar-refractivity contribution is -0.117. The lowest BCUT2D eigenvalue weighted by Gasteiger charge is -2.15. The fourth-order valence-corrected chi connectivity index (χ4v) is 1.71. The Balaban J connectivity index is 2.30. The van der Waals surface area contributed by atoms with Crippen molar-refractivity contribution in [3.8, 4) is 0 Å². The molecule has 0 saturated carbocycles. The lowest BCUT2D eigenvalue weighted by Crippen LogP contribution is -2.25. The van der Waals surface area contributed by atoms with E-state index in [9.17, 15) is 14.3 Å². The van der Waals surface area contributed by atoms with E-state index >= 15 is 0 Å². The summed E-state index contributed by atoms with van der Waals surface area (Å²) < 4.78 is 13.1. The van der Waals surface area contributed by atoms with Gasteiger partial charge in [-0.25, -0.2) is 4.39 Å². The van der Waals surface area contributed by atoms with Crippen LogP contribution >= 0.6 is 11.6 Å². The van der Waals surface area contributed by atoms with E-state index in [4.69, 9.17) is 11.6 Å². The van der Waals surface area contributed by atoms with Crippen LogP contribution in [-0.4, -0.2) is 23.7 Å². The highest BCUT2D eigenvalue weighted by Gasteiger charge is 2.29. The maximum absolute atomic E-state index is 13.1. The van der Waals surface area contributed by atoms with E-state index < -0.39 is 11.9 Å². The molecule has 1 heterocycles. The molecule has 3 nitrogen and oxygen atoms in total. The largest absolute Gasteiger partial charge is 0.391 e. The molecule has 15 heavy (non-hydrogen) atoms. The summed E-state index contributed by atoms with van der Waals surface area (Å²) in [5.41, 5.74) is 0.429. The molecule has 0 aromatic heterocycles. The van der Waals surface area contributed by atoms with Crippen molar-refractivity contribution in [1.29, 1.82) is 0 Å². The third-order valence-electron chi connectivity index (χ3n) is 2.32. The van der Waals surface area contributed by atoms with Crippen LogP contribution in [0.25, 0.3) is 0 Å². The van der Waals surface area contributed by atoms with E-state index in [2.05, 4.69) is 0 Å². The molecule has 1 aliphatic heterocycles. The van der Waals surface area contributed by atoms with Gasteiger partial charge in [0, 0.05) is 5.69 Å². The van der Waals surface area contributed by atoms with E-state index in [1.54, 1.807) is 6.07 Å². The number of benzene rings is 1. The molecule has 0 aliphatic carbocycles. The van der Waals surface area contributed by atoms with Crippen LogP contribution < -0.4 is 4.90 Å². The molecule has 1 aromatic rings. The van der Waals surface area contributed by atoms with Gasteiger partial charge in [-0.05, 0) is 18.2 Å². The molecule has 1 unspecified atom stereocenters. The van der Waals surface area contributed by atoms with Crippen LogP contribution in [0.15, 0.2) is 18.2 Å². The van der Waals surface area contributed by atoms with Gasteiger partial charge in [-0.2, -0.15) is 0 Å². The maximum Gasteiger partial charge on any atom is 0.229 e. The minimum atomic E-state index is -0.670. The van der Waals surface area contributed by atoms with Crippen LogP contribution in [0.3, 0.4) is 0 Å². The smallest absolute Gasteiger partial charge is 0.229 e. The van der Waals surface area contributed by atoms with Gasteiger partial charge in [-0.3, -0.25) is 4.79 Å². The van der Waals surface area contributed by atoms with Gasteiger partial charge < -0.3 is 10.0 Å². The third-order valence-corrected chi connectivity index (χ3v) is 2.63. The predicted octanol–water partition coefficient (Wildman–Crippen LogP) is 1.58. The second kappa shape index (κ2) is 3.79. The number of β-amino-alcohol motifs (C(OH)–C–C–N with tert-alkyl or cyclic N) is 1. The van der Waals surface area contributed by atoms with Crippen molar-refractivity contribution in [3.05, 3.63) is 29.0 Å². The van der Waals surface area contributed by atoms with Crippen molar-refractivity contribution in [2.45, 2.75) is 12.5 Å². The van der Waals surface area contributed by atoms with Gasteiger partial charge in [0.15, 0.2) is 0 Å². The molecule has 0 radical (unpaired) electrons. The highest BCUT2D eigenvalue weighted by atomic mass is 35.5. The molecule has 2 rings (SSSR count). The number of rotatable bonds is 1. The van der Waals surface area contributed by atoms with Gasteiger partial charge in [0.1, 0.15) is 5.82 Å². The Hall–Kier alpha value is -1.13. The van der Waals surface area contributed by atoms with Crippen molar-refractivity contribution >= 4 is 23.2 Å². The van der Waals surface area contributed by atoms with Gasteiger partial charge in [-0.1, -0.05) is 11.6 Å². The summed E-state index contributed by atoms with van der Waals surface area (Å²) in [6.07, 6.45) is -0.583. The number of halogens is 2. The minimum Gasteiger partial charge on any atom is -0.391 e. The Labute approximate surface area is 91.1 Å². The fraction of sp³-hybridized carbons (Fsp3) is 0.300. The summed E-state index contributed by atoms with van der Waals surface area (Å²) in [6, 6.07) is 4.14. The zero-order valence-corrected chi connectivity index (χ0v) is 8.54.